The highest BCUT2D eigenvalue weighted by Crippen LogP contribution is 2.04. The van der Waals surface area contributed by atoms with E-state index in [2.05, 4.69) is 15.4 Å². The number of hydrogen-bond donors (Lipinski definition) is 2. The summed E-state index contributed by atoms with van der Waals surface area (Å²) in [4.78, 5) is 22.5. The normalized spacial score (nSPS) is 10.2. The smallest absolute Gasteiger partial charge is 0.314 e. The minimum absolute atomic E-state index is 0.177. The highest BCUT2D eigenvalue weighted by atomic mass is 19.1. The highest BCUT2D eigenvalue weighted by molar-refractivity contribution is 5.73. The zero-order chi connectivity index (χ0) is 16.9. The van der Waals surface area contributed by atoms with E-state index < -0.39 is 0 Å². The van der Waals surface area contributed by atoms with Gasteiger partial charge in [0.1, 0.15) is 5.82 Å². The summed E-state index contributed by atoms with van der Waals surface area (Å²) < 4.78 is 17.3. The van der Waals surface area contributed by atoms with Crippen LogP contribution in [-0.4, -0.2) is 32.2 Å². The number of benzene rings is 1. The van der Waals surface area contributed by atoms with Gasteiger partial charge in [-0.2, -0.15) is 0 Å². The van der Waals surface area contributed by atoms with Crippen molar-refractivity contribution in [1.82, 2.24) is 10.6 Å². The molecule has 0 saturated carbocycles. The Balaban J connectivity index is 1.96. The molecule has 0 aliphatic rings. The third-order valence-corrected chi connectivity index (χ3v) is 3.43. The van der Waals surface area contributed by atoms with Crippen molar-refractivity contribution in [3.63, 3.8) is 0 Å². The first-order valence-corrected chi connectivity index (χ1v) is 7.95. The van der Waals surface area contributed by atoms with Crippen LogP contribution in [0.2, 0.25) is 0 Å². The van der Waals surface area contributed by atoms with E-state index in [9.17, 15) is 14.0 Å². The van der Waals surface area contributed by atoms with E-state index in [1.54, 1.807) is 12.1 Å². The first-order valence-electron chi connectivity index (χ1n) is 7.95. The fourth-order valence-corrected chi connectivity index (χ4v) is 2.09. The van der Waals surface area contributed by atoms with Gasteiger partial charge in [0, 0.05) is 19.5 Å². The number of urea groups is 1. The first kappa shape index (κ1) is 18.9. The van der Waals surface area contributed by atoms with Crippen LogP contribution in [-0.2, 0) is 16.0 Å². The SMILES string of the molecule is COC(=O)CCCCCCNC(=O)NCCc1ccc(F)cc1. The fraction of sp³-hybridized carbons (Fsp3) is 0.529. The average Bonchev–Trinajstić information content (AvgIpc) is 2.55. The molecule has 1 rings (SSSR count). The van der Waals surface area contributed by atoms with Crippen molar-refractivity contribution >= 4 is 12.0 Å². The summed E-state index contributed by atoms with van der Waals surface area (Å²) in [5.74, 6) is -0.435. The third kappa shape index (κ3) is 9.50. The maximum atomic E-state index is 12.7. The number of methoxy groups -OCH3 is 1. The van der Waals surface area contributed by atoms with Gasteiger partial charge in [-0.25, -0.2) is 9.18 Å². The molecule has 0 saturated heterocycles. The summed E-state index contributed by atoms with van der Waals surface area (Å²) in [6.07, 6.45) is 4.73. The van der Waals surface area contributed by atoms with Gasteiger partial charge in [-0.1, -0.05) is 25.0 Å². The maximum Gasteiger partial charge on any atom is 0.314 e. The van der Waals surface area contributed by atoms with Crippen LogP contribution in [0.15, 0.2) is 24.3 Å². The van der Waals surface area contributed by atoms with E-state index >= 15 is 0 Å². The molecule has 128 valence electrons. The van der Waals surface area contributed by atoms with Crippen LogP contribution in [0.4, 0.5) is 9.18 Å². The Labute approximate surface area is 136 Å². The van der Waals surface area contributed by atoms with Gasteiger partial charge in [-0.15, -0.1) is 0 Å². The molecule has 0 bridgehead atoms. The predicted molar refractivity (Wildman–Crippen MR) is 86.6 cm³/mol. The second-order valence-corrected chi connectivity index (χ2v) is 5.30. The number of halogens is 1. The van der Waals surface area contributed by atoms with E-state index in [1.807, 2.05) is 0 Å². The van der Waals surface area contributed by atoms with Gasteiger partial charge in [0.2, 0.25) is 0 Å². The summed E-state index contributed by atoms with van der Waals surface area (Å²) in [5, 5.41) is 5.55. The molecule has 1 aromatic carbocycles. The molecule has 1 aromatic rings. The lowest BCUT2D eigenvalue weighted by atomic mass is 10.1. The molecule has 23 heavy (non-hydrogen) atoms. The molecule has 0 atom stereocenters. The lowest BCUT2D eigenvalue weighted by molar-refractivity contribution is -0.140. The van der Waals surface area contributed by atoms with E-state index in [1.165, 1.54) is 19.2 Å². The number of nitrogens with one attached hydrogen (secondary N) is 2. The molecule has 2 amide bonds. The van der Waals surface area contributed by atoms with Crippen LogP contribution in [0, 0.1) is 5.82 Å². The first-order chi connectivity index (χ1) is 11.1. The summed E-state index contributed by atoms with van der Waals surface area (Å²) in [5.41, 5.74) is 0.984. The Kier molecular flexibility index (Phi) is 9.43. The van der Waals surface area contributed by atoms with Gasteiger partial charge >= 0.3 is 12.0 Å². The van der Waals surface area contributed by atoms with Gasteiger partial charge < -0.3 is 15.4 Å². The van der Waals surface area contributed by atoms with Crippen LogP contribution in [0.25, 0.3) is 0 Å². The summed E-state index contributed by atoms with van der Waals surface area (Å²) in [6.45, 7) is 1.12. The fourth-order valence-electron chi connectivity index (χ4n) is 2.09. The number of unbranched alkanes of at least 4 members (excludes halogenated alkanes) is 3. The zero-order valence-electron chi connectivity index (χ0n) is 13.6. The van der Waals surface area contributed by atoms with E-state index in [0.29, 0.717) is 25.9 Å². The molecule has 0 unspecified atom stereocenters. The summed E-state index contributed by atoms with van der Waals surface area (Å²) >= 11 is 0. The molecule has 0 spiro atoms. The number of ether oxygens (including phenoxy) is 1. The molecule has 0 aromatic heterocycles. The number of carbonyl (C=O) groups excluding carboxylic acids is 2. The van der Waals surface area contributed by atoms with Crippen molar-refractivity contribution in [3.05, 3.63) is 35.6 Å². The molecule has 0 aliphatic carbocycles. The van der Waals surface area contributed by atoms with Crippen LogP contribution in [0.3, 0.4) is 0 Å². The van der Waals surface area contributed by atoms with E-state index in [0.717, 1.165) is 31.2 Å². The summed E-state index contributed by atoms with van der Waals surface area (Å²) in [7, 11) is 1.39. The van der Waals surface area contributed by atoms with Gasteiger partial charge in [-0.05, 0) is 37.0 Å². The van der Waals surface area contributed by atoms with Gasteiger partial charge in [0.25, 0.3) is 0 Å². The van der Waals surface area contributed by atoms with Gasteiger partial charge in [0.15, 0.2) is 0 Å². The maximum absolute atomic E-state index is 12.7. The van der Waals surface area contributed by atoms with Crippen molar-refractivity contribution in [1.29, 1.82) is 0 Å². The van der Waals surface area contributed by atoms with Crippen LogP contribution in [0.5, 0.6) is 0 Å². The monoisotopic (exact) mass is 324 g/mol. The molecule has 0 aliphatic heterocycles. The molecular weight excluding hydrogens is 299 g/mol. The van der Waals surface area contributed by atoms with Crippen molar-refractivity contribution in [3.8, 4) is 0 Å². The van der Waals surface area contributed by atoms with Gasteiger partial charge in [0.05, 0.1) is 7.11 Å². The van der Waals surface area contributed by atoms with Crippen LogP contribution >= 0.6 is 0 Å². The van der Waals surface area contributed by atoms with Crippen LogP contribution in [0.1, 0.15) is 37.7 Å². The van der Waals surface area contributed by atoms with Crippen molar-refractivity contribution in [2.24, 2.45) is 0 Å². The largest absolute Gasteiger partial charge is 0.469 e. The topological polar surface area (TPSA) is 67.4 Å². The minimum atomic E-state index is -0.258. The number of hydrogen-bond acceptors (Lipinski definition) is 3. The van der Waals surface area contributed by atoms with E-state index in [-0.39, 0.29) is 17.8 Å². The van der Waals surface area contributed by atoms with Gasteiger partial charge in [-0.3, -0.25) is 4.79 Å². The van der Waals surface area contributed by atoms with Crippen molar-refractivity contribution in [2.45, 2.75) is 38.5 Å². The number of esters is 1. The molecule has 2 N–H and O–H groups in total. The quantitative estimate of drug-likeness (QED) is 0.514. The number of carbonyl (C=O) groups is 2. The summed E-state index contributed by atoms with van der Waals surface area (Å²) in [6, 6.07) is 6.05. The van der Waals surface area contributed by atoms with Crippen LogP contribution < -0.4 is 10.6 Å². The third-order valence-electron chi connectivity index (χ3n) is 3.43. The lowest BCUT2D eigenvalue weighted by Gasteiger charge is -2.07. The average molecular weight is 324 g/mol. The standard InChI is InChI=1S/C17H25FN2O3/c1-23-16(21)6-4-2-3-5-12-19-17(22)20-13-11-14-7-9-15(18)10-8-14/h7-10H,2-6,11-13H2,1H3,(H2,19,20,22). The Morgan fingerprint density at radius 3 is 2.35 bits per heavy atom. The number of rotatable bonds is 10. The minimum Gasteiger partial charge on any atom is -0.469 e. The Bertz CT molecular complexity index is 477. The Morgan fingerprint density at radius 1 is 1.00 bits per heavy atom. The molecule has 0 radical (unpaired) electrons. The lowest BCUT2D eigenvalue weighted by Crippen LogP contribution is -2.37. The van der Waals surface area contributed by atoms with Crippen molar-refractivity contribution in [2.75, 3.05) is 20.2 Å². The zero-order valence-corrected chi connectivity index (χ0v) is 13.6. The Morgan fingerprint density at radius 2 is 1.65 bits per heavy atom. The second kappa shape index (κ2) is 11.5. The van der Waals surface area contributed by atoms with E-state index in [4.69, 9.17) is 0 Å². The molecular formula is C17H25FN2O3. The highest BCUT2D eigenvalue weighted by Gasteiger charge is 2.01. The second-order valence-electron chi connectivity index (χ2n) is 5.30. The van der Waals surface area contributed by atoms with Crippen molar-refractivity contribution < 1.29 is 18.7 Å². The number of amides is 2. The molecule has 0 fully saturated rings. The molecule has 6 heteroatoms. The Hall–Kier alpha value is -2.11. The molecule has 5 nitrogen and oxygen atoms in total. The molecule has 0 heterocycles. The predicted octanol–water partition coefficient (Wildman–Crippen LogP) is 2.79.